The van der Waals surface area contributed by atoms with Crippen LogP contribution in [0.2, 0.25) is 5.02 Å². The van der Waals surface area contributed by atoms with Crippen molar-refractivity contribution in [2.45, 2.75) is 37.8 Å². The first-order valence-electron chi connectivity index (χ1n) is 12.6. The standard InChI is InChI=1S/C30H28ClN3O2/c31-22-13-10-21(11-14-22)16-17-33-19-28(35)34-26(15-12-20-6-2-1-3-7-20)29-24(18-27(34)30(33)36)23-8-4-5-9-25(23)32-29/h1-11,13-14,26-27,32H,12,15-19H2/t26?,27-/m0/s1. The Kier molecular flexibility index (Phi) is 6.02. The molecule has 1 saturated heterocycles. The Labute approximate surface area is 215 Å². The van der Waals surface area contributed by atoms with Crippen molar-refractivity contribution in [3.05, 3.63) is 106 Å². The zero-order chi connectivity index (χ0) is 24.6. The predicted octanol–water partition coefficient (Wildman–Crippen LogP) is 5.33. The van der Waals surface area contributed by atoms with Crippen molar-refractivity contribution >= 4 is 34.3 Å². The predicted molar refractivity (Wildman–Crippen MR) is 142 cm³/mol. The number of nitrogens with one attached hydrogen (secondary N) is 1. The van der Waals surface area contributed by atoms with E-state index in [1.54, 1.807) is 4.90 Å². The Morgan fingerprint density at radius 2 is 1.58 bits per heavy atom. The van der Waals surface area contributed by atoms with Crippen LogP contribution in [0.15, 0.2) is 78.9 Å². The number of fused-ring (bicyclic) bond motifs is 4. The number of hydrogen-bond acceptors (Lipinski definition) is 2. The third kappa shape index (κ3) is 4.18. The lowest BCUT2D eigenvalue weighted by molar-refractivity contribution is -0.159. The summed E-state index contributed by atoms with van der Waals surface area (Å²) in [5, 5.41) is 1.84. The van der Waals surface area contributed by atoms with Crippen molar-refractivity contribution in [1.82, 2.24) is 14.8 Å². The summed E-state index contributed by atoms with van der Waals surface area (Å²) in [6.07, 6.45) is 2.84. The van der Waals surface area contributed by atoms with Gasteiger partial charge in [-0.1, -0.05) is 72.3 Å². The number of halogens is 1. The smallest absolute Gasteiger partial charge is 0.246 e. The number of carbonyl (C=O) groups is 2. The second kappa shape index (κ2) is 9.47. The highest BCUT2D eigenvalue weighted by Gasteiger charge is 2.47. The van der Waals surface area contributed by atoms with Crippen LogP contribution in [-0.2, 0) is 28.9 Å². The lowest BCUT2D eigenvalue weighted by Gasteiger charge is -2.47. The van der Waals surface area contributed by atoms with Crippen LogP contribution in [0.3, 0.4) is 0 Å². The SMILES string of the molecule is O=C1[C@@H]2Cc3c([nH]c4ccccc34)C(CCc3ccccc3)N2C(=O)CN1CCc1ccc(Cl)cc1. The molecule has 2 aliphatic rings. The number of nitrogens with zero attached hydrogens (tertiary/aromatic N) is 2. The second-order valence-corrected chi connectivity index (χ2v) is 10.2. The normalized spacial score (nSPS) is 19.5. The first-order valence-corrected chi connectivity index (χ1v) is 12.9. The topological polar surface area (TPSA) is 56.4 Å². The third-order valence-electron chi connectivity index (χ3n) is 7.59. The van der Waals surface area contributed by atoms with E-state index in [-0.39, 0.29) is 24.4 Å². The second-order valence-electron chi connectivity index (χ2n) is 9.76. The maximum absolute atomic E-state index is 13.8. The van der Waals surface area contributed by atoms with Crippen LogP contribution in [0.25, 0.3) is 10.9 Å². The highest BCUT2D eigenvalue weighted by atomic mass is 35.5. The quantitative estimate of drug-likeness (QED) is 0.391. The Morgan fingerprint density at radius 1 is 0.861 bits per heavy atom. The molecule has 3 heterocycles. The molecule has 36 heavy (non-hydrogen) atoms. The molecular formula is C30H28ClN3O2. The molecular weight excluding hydrogens is 470 g/mol. The van der Waals surface area contributed by atoms with Gasteiger partial charge >= 0.3 is 0 Å². The van der Waals surface area contributed by atoms with Gasteiger partial charge in [-0.3, -0.25) is 9.59 Å². The molecule has 5 nitrogen and oxygen atoms in total. The van der Waals surface area contributed by atoms with Crippen LogP contribution in [0.1, 0.15) is 34.8 Å². The van der Waals surface area contributed by atoms with E-state index in [9.17, 15) is 9.59 Å². The molecule has 1 N–H and O–H groups in total. The number of aromatic nitrogens is 1. The van der Waals surface area contributed by atoms with E-state index in [1.165, 1.54) is 11.1 Å². The Morgan fingerprint density at radius 3 is 2.39 bits per heavy atom. The fourth-order valence-corrected chi connectivity index (χ4v) is 5.92. The van der Waals surface area contributed by atoms with Gasteiger partial charge in [0.05, 0.1) is 12.6 Å². The van der Waals surface area contributed by atoms with Crippen molar-refractivity contribution in [1.29, 1.82) is 0 Å². The van der Waals surface area contributed by atoms with E-state index < -0.39 is 6.04 Å². The van der Waals surface area contributed by atoms with Gasteiger partial charge in [-0.25, -0.2) is 0 Å². The first-order chi connectivity index (χ1) is 17.6. The molecule has 0 radical (unpaired) electrons. The molecule has 0 saturated carbocycles. The maximum atomic E-state index is 13.8. The number of carbonyl (C=O) groups excluding carboxylic acids is 2. The van der Waals surface area contributed by atoms with Crippen LogP contribution >= 0.6 is 11.6 Å². The molecule has 2 atom stereocenters. The van der Waals surface area contributed by atoms with E-state index in [2.05, 4.69) is 29.2 Å². The van der Waals surface area contributed by atoms with Crippen LogP contribution in [-0.4, -0.2) is 45.7 Å². The number of aryl methyl sites for hydroxylation is 1. The van der Waals surface area contributed by atoms with E-state index in [0.29, 0.717) is 24.4 Å². The molecule has 2 amide bonds. The summed E-state index contributed by atoms with van der Waals surface area (Å²) in [6.45, 7) is 0.645. The highest BCUT2D eigenvalue weighted by Crippen LogP contribution is 2.41. The summed E-state index contributed by atoms with van der Waals surface area (Å²) >= 11 is 6.01. The van der Waals surface area contributed by atoms with Crippen LogP contribution in [0.4, 0.5) is 0 Å². The van der Waals surface area contributed by atoms with Gasteiger partial charge in [0.25, 0.3) is 0 Å². The lowest BCUT2D eigenvalue weighted by atomic mass is 9.86. The number of para-hydroxylation sites is 1. The van der Waals surface area contributed by atoms with Gasteiger partial charge in [0.15, 0.2) is 0 Å². The molecule has 1 fully saturated rings. The zero-order valence-electron chi connectivity index (χ0n) is 20.0. The van der Waals surface area contributed by atoms with E-state index >= 15 is 0 Å². The lowest BCUT2D eigenvalue weighted by Crippen LogP contribution is -2.63. The first kappa shape index (κ1) is 22.9. The number of aromatic amines is 1. The molecule has 182 valence electrons. The number of piperazine rings is 1. The van der Waals surface area contributed by atoms with Gasteiger partial charge in [-0.2, -0.15) is 0 Å². The van der Waals surface area contributed by atoms with Gasteiger partial charge < -0.3 is 14.8 Å². The average Bonchev–Trinajstić information content (AvgIpc) is 3.28. The molecule has 1 aromatic heterocycles. The highest BCUT2D eigenvalue weighted by molar-refractivity contribution is 6.30. The van der Waals surface area contributed by atoms with Crippen molar-refractivity contribution < 1.29 is 9.59 Å². The number of H-pyrrole nitrogens is 1. The Bertz CT molecular complexity index is 1410. The Balaban J connectivity index is 1.30. The maximum Gasteiger partial charge on any atom is 0.246 e. The van der Waals surface area contributed by atoms with Gasteiger partial charge in [-0.15, -0.1) is 0 Å². The van der Waals surface area contributed by atoms with E-state index in [1.807, 2.05) is 59.5 Å². The molecule has 1 unspecified atom stereocenters. The summed E-state index contributed by atoms with van der Waals surface area (Å²) in [6, 6.07) is 25.6. The van der Waals surface area contributed by atoms with Gasteiger partial charge in [0.1, 0.15) is 6.04 Å². The minimum atomic E-state index is -0.469. The zero-order valence-corrected chi connectivity index (χ0v) is 20.7. The van der Waals surface area contributed by atoms with Crippen LogP contribution in [0.5, 0.6) is 0 Å². The minimum Gasteiger partial charge on any atom is -0.356 e. The molecule has 2 aliphatic heterocycles. The number of benzene rings is 3. The number of amides is 2. The summed E-state index contributed by atoms with van der Waals surface area (Å²) in [7, 11) is 0. The van der Waals surface area contributed by atoms with Crippen molar-refractivity contribution in [3.63, 3.8) is 0 Å². The van der Waals surface area contributed by atoms with Crippen LogP contribution < -0.4 is 0 Å². The van der Waals surface area contributed by atoms with E-state index in [4.69, 9.17) is 11.6 Å². The summed E-state index contributed by atoms with van der Waals surface area (Å²) in [5.74, 6) is 0.0716. The average molecular weight is 498 g/mol. The monoisotopic (exact) mass is 497 g/mol. The largest absolute Gasteiger partial charge is 0.356 e. The van der Waals surface area contributed by atoms with Crippen molar-refractivity contribution in [3.8, 4) is 0 Å². The number of rotatable bonds is 6. The minimum absolute atomic E-state index is 0.0260. The fraction of sp³-hybridized carbons (Fsp3) is 0.267. The molecule has 4 aromatic rings. The van der Waals surface area contributed by atoms with Crippen LogP contribution in [0, 0.1) is 0 Å². The third-order valence-corrected chi connectivity index (χ3v) is 7.84. The molecule has 3 aromatic carbocycles. The van der Waals surface area contributed by atoms with E-state index in [0.717, 1.165) is 35.0 Å². The number of hydrogen-bond donors (Lipinski definition) is 1. The van der Waals surface area contributed by atoms with Gasteiger partial charge in [-0.05, 0) is 54.2 Å². The molecule has 0 aliphatic carbocycles. The van der Waals surface area contributed by atoms with Gasteiger partial charge in [0.2, 0.25) is 11.8 Å². The fourth-order valence-electron chi connectivity index (χ4n) is 5.80. The summed E-state index contributed by atoms with van der Waals surface area (Å²) in [5.41, 5.74) is 5.65. The molecule has 0 bridgehead atoms. The molecule has 6 heteroatoms. The molecule has 6 rings (SSSR count). The van der Waals surface area contributed by atoms with Gasteiger partial charge in [0, 0.05) is 34.6 Å². The van der Waals surface area contributed by atoms with Crippen molar-refractivity contribution in [2.24, 2.45) is 0 Å². The molecule has 0 spiro atoms. The summed E-state index contributed by atoms with van der Waals surface area (Å²) < 4.78 is 0. The summed E-state index contributed by atoms with van der Waals surface area (Å²) in [4.78, 5) is 34.6. The van der Waals surface area contributed by atoms with Crippen molar-refractivity contribution in [2.75, 3.05) is 13.1 Å². The Hall–Kier alpha value is -3.57.